The van der Waals surface area contributed by atoms with E-state index in [2.05, 4.69) is 87.1 Å². The highest BCUT2D eigenvalue weighted by atomic mass is 79.9. The molecule has 0 heterocycles. The van der Waals surface area contributed by atoms with Crippen molar-refractivity contribution in [3.05, 3.63) is 88.5 Å². The van der Waals surface area contributed by atoms with Gasteiger partial charge in [-0.3, -0.25) is 0 Å². The molecule has 1 heteroatoms. The molecular formula is C24H35Br. The van der Waals surface area contributed by atoms with Gasteiger partial charge in [0.25, 0.3) is 0 Å². The van der Waals surface area contributed by atoms with Gasteiger partial charge in [-0.05, 0) is 76.8 Å². The molecule has 0 atom stereocenters. The summed E-state index contributed by atoms with van der Waals surface area (Å²) in [5, 5.41) is 0. The Morgan fingerprint density at radius 3 is 1.84 bits per heavy atom. The summed E-state index contributed by atoms with van der Waals surface area (Å²) >= 11 is 3.46. The number of hydrogen-bond acceptors (Lipinski definition) is 0. The molecule has 0 aliphatic heterocycles. The van der Waals surface area contributed by atoms with Gasteiger partial charge >= 0.3 is 0 Å². The molecule has 0 nitrogen and oxygen atoms in total. The van der Waals surface area contributed by atoms with Gasteiger partial charge in [0.2, 0.25) is 0 Å². The van der Waals surface area contributed by atoms with Crippen LogP contribution in [0.2, 0.25) is 0 Å². The molecule has 1 aromatic rings. The van der Waals surface area contributed by atoms with Gasteiger partial charge in [0.15, 0.2) is 0 Å². The predicted molar refractivity (Wildman–Crippen MR) is 122 cm³/mol. The molecule has 0 unspecified atom stereocenters. The molecule has 0 bridgehead atoms. The van der Waals surface area contributed by atoms with Crippen molar-refractivity contribution in [3.8, 4) is 0 Å². The van der Waals surface area contributed by atoms with Crippen LogP contribution < -0.4 is 0 Å². The second-order valence-electron chi connectivity index (χ2n) is 6.02. The maximum absolute atomic E-state index is 3.56. The summed E-state index contributed by atoms with van der Waals surface area (Å²) in [5.41, 5.74) is 6.58. The largest absolute Gasteiger partial charge is 0.100 e. The van der Waals surface area contributed by atoms with Gasteiger partial charge in [-0.15, -0.1) is 6.58 Å². The van der Waals surface area contributed by atoms with Crippen molar-refractivity contribution in [3.63, 3.8) is 0 Å². The molecular weight excluding hydrogens is 368 g/mol. The molecule has 0 spiro atoms. The van der Waals surface area contributed by atoms with Crippen molar-refractivity contribution in [2.75, 3.05) is 0 Å². The SMILES string of the molecule is C=C(C)C.C=C/C=C\C.CC/C=C(C)\C(C)=C(\C)c1ccc(Br)cc1. The molecule has 0 aromatic heterocycles. The Bertz CT molecular complexity index is 591. The first-order chi connectivity index (χ1) is 11.7. The van der Waals surface area contributed by atoms with Crippen LogP contribution in [-0.2, 0) is 0 Å². The minimum absolute atomic E-state index is 1.09. The first-order valence-electron chi connectivity index (χ1n) is 8.67. The van der Waals surface area contributed by atoms with E-state index in [-0.39, 0.29) is 0 Å². The van der Waals surface area contributed by atoms with E-state index >= 15 is 0 Å². The number of allylic oxidation sites excluding steroid dienone is 8. The maximum Gasteiger partial charge on any atom is 0.0175 e. The molecule has 0 N–H and O–H groups in total. The van der Waals surface area contributed by atoms with Crippen LogP contribution in [0.15, 0.2) is 82.9 Å². The number of benzene rings is 1. The third-order valence-electron chi connectivity index (χ3n) is 3.27. The van der Waals surface area contributed by atoms with E-state index in [1.807, 2.05) is 32.9 Å². The van der Waals surface area contributed by atoms with Crippen LogP contribution in [0.1, 0.15) is 60.5 Å². The van der Waals surface area contributed by atoms with Gasteiger partial charge in [-0.2, -0.15) is 0 Å². The molecule has 0 saturated heterocycles. The average Bonchev–Trinajstić information content (AvgIpc) is 2.55. The Balaban J connectivity index is 0. The van der Waals surface area contributed by atoms with Crippen molar-refractivity contribution in [1.82, 2.24) is 0 Å². The van der Waals surface area contributed by atoms with Crippen molar-refractivity contribution >= 4 is 21.5 Å². The topological polar surface area (TPSA) is 0 Å². The standard InChI is InChI=1S/C15H19Br.C5H8.C4H8/c1-5-6-11(2)12(3)13(4)14-7-9-15(16)10-8-14;1-3-5-4-2;1-4(2)3/h6-10H,5H2,1-4H3;3-5H,1H2,2H3;1H2,2-3H3/b11-6-,13-12-;5-4-;. The summed E-state index contributed by atoms with van der Waals surface area (Å²) in [6, 6.07) is 8.49. The van der Waals surface area contributed by atoms with Gasteiger partial charge in [0.05, 0.1) is 0 Å². The lowest BCUT2D eigenvalue weighted by molar-refractivity contribution is 1.17. The van der Waals surface area contributed by atoms with Crippen LogP contribution in [0.5, 0.6) is 0 Å². The lowest BCUT2D eigenvalue weighted by atomic mass is 9.97. The molecule has 0 aliphatic carbocycles. The van der Waals surface area contributed by atoms with Gasteiger partial charge in [-0.25, -0.2) is 0 Å². The van der Waals surface area contributed by atoms with E-state index in [0.29, 0.717) is 0 Å². The fraction of sp³-hybridized carbons (Fsp3) is 0.333. The first-order valence-corrected chi connectivity index (χ1v) is 9.46. The number of rotatable bonds is 4. The minimum Gasteiger partial charge on any atom is -0.100 e. The predicted octanol–water partition coefficient (Wildman–Crippen LogP) is 8.93. The maximum atomic E-state index is 3.56. The van der Waals surface area contributed by atoms with Gasteiger partial charge in [0, 0.05) is 4.47 Å². The summed E-state index contributed by atoms with van der Waals surface area (Å²) in [6.07, 6.45) is 8.95. The Labute approximate surface area is 164 Å². The van der Waals surface area contributed by atoms with Crippen molar-refractivity contribution in [1.29, 1.82) is 0 Å². The van der Waals surface area contributed by atoms with E-state index in [1.54, 1.807) is 6.08 Å². The van der Waals surface area contributed by atoms with Crippen LogP contribution in [0, 0.1) is 0 Å². The van der Waals surface area contributed by atoms with E-state index < -0.39 is 0 Å². The van der Waals surface area contributed by atoms with Crippen LogP contribution in [0.4, 0.5) is 0 Å². The van der Waals surface area contributed by atoms with Gasteiger partial charge in [-0.1, -0.05) is 77.0 Å². The molecule has 0 saturated carbocycles. The van der Waals surface area contributed by atoms with Crippen molar-refractivity contribution < 1.29 is 0 Å². The fourth-order valence-corrected chi connectivity index (χ4v) is 2.07. The minimum atomic E-state index is 1.09. The summed E-state index contributed by atoms with van der Waals surface area (Å²) in [4.78, 5) is 0. The highest BCUT2D eigenvalue weighted by molar-refractivity contribution is 9.10. The van der Waals surface area contributed by atoms with Gasteiger partial charge in [0.1, 0.15) is 0 Å². The van der Waals surface area contributed by atoms with Crippen LogP contribution in [0.3, 0.4) is 0 Å². The fourth-order valence-electron chi connectivity index (χ4n) is 1.81. The molecule has 1 aromatic carbocycles. The van der Waals surface area contributed by atoms with Gasteiger partial charge < -0.3 is 0 Å². The van der Waals surface area contributed by atoms with Crippen molar-refractivity contribution in [2.24, 2.45) is 0 Å². The number of halogens is 1. The summed E-state index contributed by atoms with van der Waals surface area (Å²) < 4.78 is 1.13. The second-order valence-corrected chi connectivity index (χ2v) is 6.94. The second kappa shape index (κ2) is 15.9. The van der Waals surface area contributed by atoms with Crippen molar-refractivity contribution in [2.45, 2.75) is 54.9 Å². The van der Waals surface area contributed by atoms with E-state index in [9.17, 15) is 0 Å². The molecule has 0 aliphatic rings. The van der Waals surface area contributed by atoms with Crippen LogP contribution >= 0.6 is 15.9 Å². The highest BCUT2D eigenvalue weighted by Gasteiger charge is 2.01. The Hall–Kier alpha value is -1.60. The summed E-state index contributed by atoms with van der Waals surface area (Å²) in [5.74, 6) is 0. The molecule has 25 heavy (non-hydrogen) atoms. The molecule has 138 valence electrons. The zero-order chi connectivity index (χ0) is 19.8. The quantitative estimate of drug-likeness (QED) is 0.348. The Morgan fingerprint density at radius 1 is 1.04 bits per heavy atom. The third-order valence-corrected chi connectivity index (χ3v) is 3.80. The third kappa shape index (κ3) is 14.4. The first kappa shape index (κ1) is 25.6. The number of hydrogen-bond donors (Lipinski definition) is 0. The summed E-state index contributed by atoms with van der Waals surface area (Å²) in [7, 11) is 0. The summed E-state index contributed by atoms with van der Waals surface area (Å²) in [6.45, 7) is 21.7. The smallest absolute Gasteiger partial charge is 0.0175 e. The Morgan fingerprint density at radius 2 is 1.52 bits per heavy atom. The lowest BCUT2D eigenvalue weighted by Gasteiger charge is -2.09. The zero-order valence-corrected chi connectivity index (χ0v) is 18.7. The zero-order valence-electron chi connectivity index (χ0n) is 17.1. The lowest BCUT2D eigenvalue weighted by Crippen LogP contribution is -1.87. The van der Waals surface area contributed by atoms with E-state index in [4.69, 9.17) is 0 Å². The Kier molecular flexibility index (Phi) is 16.3. The van der Waals surface area contributed by atoms with E-state index in [0.717, 1.165) is 10.9 Å². The average molecular weight is 403 g/mol. The monoisotopic (exact) mass is 402 g/mol. The highest BCUT2D eigenvalue weighted by Crippen LogP contribution is 2.24. The molecule has 1 rings (SSSR count). The van der Waals surface area contributed by atoms with E-state index in [1.165, 1.54) is 27.9 Å². The molecule has 0 radical (unpaired) electrons. The van der Waals surface area contributed by atoms with Crippen LogP contribution in [0.25, 0.3) is 5.57 Å². The normalized spacial score (nSPS) is 11.6. The molecule has 0 fully saturated rings. The molecule has 0 amide bonds. The van der Waals surface area contributed by atoms with Crippen LogP contribution in [-0.4, -0.2) is 0 Å².